The summed E-state index contributed by atoms with van der Waals surface area (Å²) in [7, 11) is 0. The van der Waals surface area contributed by atoms with Crippen molar-refractivity contribution in [2.24, 2.45) is 0 Å². The summed E-state index contributed by atoms with van der Waals surface area (Å²) in [4.78, 5) is 16.4. The average Bonchev–Trinajstić information content (AvgIpc) is 3.08. The molecule has 3 heterocycles. The molecule has 0 spiro atoms. The lowest BCUT2D eigenvalue weighted by Crippen LogP contribution is -2.35. The summed E-state index contributed by atoms with van der Waals surface area (Å²) in [6, 6.07) is 2.78. The van der Waals surface area contributed by atoms with Crippen molar-refractivity contribution in [2.45, 2.75) is 50.8 Å². The maximum atomic E-state index is 12.3. The summed E-state index contributed by atoms with van der Waals surface area (Å²) in [6.07, 6.45) is 7.79. The van der Waals surface area contributed by atoms with Crippen LogP contribution in [0.5, 0.6) is 0 Å². The number of nitrogens with one attached hydrogen (secondary N) is 1. The normalized spacial score (nSPS) is 24.2. The Balaban J connectivity index is 1.45. The third-order valence-electron chi connectivity index (χ3n) is 4.67. The highest BCUT2D eigenvalue weighted by Crippen LogP contribution is 2.29. The Morgan fingerprint density at radius 3 is 2.91 bits per heavy atom. The average molecular weight is 316 g/mol. The van der Waals surface area contributed by atoms with Crippen molar-refractivity contribution in [1.82, 2.24) is 14.8 Å². The van der Waals surface area contributed by atoms with Crippen molar-refractivity contribution in [2.75, 3.05) is 11.9 Å². The van der Waals surface area contributed by atoms with Gasteiger partial charge in [0.15, 0.2) is 0 Å². The van der Waals surface area contributed by atoms with Gasteiger partial charge >= 0.3 is 0 Å². The number of aromatic nitrogens is 3. The van der Waals surface area contributed by atoms with E-state index >= 15 is 0 Å². The number of ether oxygens (including phenoxy) is 1. The maximum Gasteiger partial charge on any atom is 0.294 e. The minimum atomic E-state index is -0.0154. The van der Waals surface area contributed by atoms with Crippen molar-refractivity contribution < 1.29 is 9.15 Å². The Morgan fingerprint density at radius 1 is 1.26 bits per heavy atom. The molecule has 4 rings (SSSR count). The Kier molecular flexibility index (Phi) is 3.87. The molecule has 1 aliphatic heterocycles. The van der Waals surface area contributed by atoms with Crippen LogP contribution in [0.4, 0.5) is 6.01 Å². The number of hydrogen-bond donors (Lipinski definition) is 1. The summed E-state index contributed by atoms with van der Waals surface area (Å²) in [5.41, 5.74) is 1.94. The van der Waals surface area contributed by atoms with Gasteiger partial charge in [0, 0.05) is 24.1 Å². The fourth-order valence-corrected chi connectivity index (χ4v) is 3.42. The molecule has 7 heteroatoms. The van der Waals surface area contributed by atoms with Gasteiger partial charge in [-0.3, -0.25) is 4.79 Å². The van der Waals surface area contributed by atoms with Gasteiger partial charge in [-0.15, -0.1) is 0 Å². The first-order chi connectivity index (χ1) is 11.3. The summed E-state index contributed by atoms with van der Waals surface area (Å²) in [5.74, 6) is 0. The Morgan fingerprint density at radius 2 is 2.13 bits per heavy atom. The van der Waals surface area contributed by atoms with E-state index in [0.717, 1.165) is 43.4 Å². The van der Waals surface area contributed by atoms with Crippen molar-refractivity contribution in [3.63, 3.8) is 0 Å². The molecule has 1 saturated carbocycles. The van der Waals surface area contributed by atoms with Crippen LogP contribution in [0.2, 0.25) is 0 Å². The molecular formula is C16H20N4O3. The summed E-state index contributed by atoms with van der Waals surface area (Å²) < 4.78 is 12.3. The second kappa shape index (κ2) is 6.16. The highest BCUT2D eigenvalue weighted by atomic mass is 16.5. The maximum absolute atomic E-state index is 12.3. The predicted octanol–water partition coefficient (Wildman–Crippen LogP) is 1.90. The number of fused-ring (bicyclic) bond motifs is 1. The van der Waals surface area contributed by atoms with Crippen molar-refractivity contribution in [3.05, 3.63) is 40.1 Å². The quantitative estimate of drug-likeness (QED) is 0.931. The fourth-order valence-electron chi connectivity index (χ4n) is 3.42. The van der Waals surface area contributed by atoms with E-state index in [0.29, 0.717) is 25.3 Å². The molecule has 1 aliphatic carbocycles. The molecule has 0 bridgehead atoms. The van der Waals surface area contributed by atoms with E-state index in [-0.39, 0.29) is 11.6 Å². The molecule has 1 fully saturated rings. The zero-order valence-corrected chi connectivity index (χ0v) is 12.9. The van der Waals surface area contributed by atoms with Gasteiger partial charge in [0.1, 0.15) is 6.26 Å². The molecule has 7 nitrogen and oxygen atoms in total. The topological polar surface area (TPSA) is 82.2 Å². The Labute approximate surface area is 133 Å². The first kappa shape index (κ1) is 14.4. The molecule has 2 aromatic heterocycles. The van der Waals surface area contributed by atoms with Gasteiger partial charge in [0.25, 0.3) is 11.6 Å². The molecular weight excluding hydrogens is 296 g/mol. The van der Waals surface area contributed by atoms with Gasteiger partial charge in [-0.05, 0) is 25.7 Å². The summed E-state index contributed by atoms with van der Waals surface area (Å²) in [6.45, 7) is 1.19. The lowest BCUT2D eigenvalue weighted by Gasteiger charge is -2.29. The van der Waals surface area contributed by atoms with Crippen LogP contribution < -0.4 is 10.9 Å². The number of rotatable bonds is 3. The highest BCUT2D eigenvalue weighted by Gasteiger charge is 2.25. The first-order valence-electron chi connectivity index (χ1n) is 8.15. The van der Waals surface area contributed by atoms with Crippen molar-refractivity contribution in [1.29, 1.82) is 0 Å². The molecule has 2 aromatic rings. The van der Waals surface area contributed by atoms with E-state index in [4.69, 9.17) is 9.15 Å². The van der Waals surface area contributed by atoms with E-state index < -0.39 is 0 Å². The molecule has 0 radical (unpaired) electrons. The van der Waals surface area contributed by atoms with Crippen molar-refractivity contribution >= 4 is 6.01 Å². The highest BCUT2D eigenvalue weighted by molar-refractivity contribution is 5.21. The van der Waals surface area contributed by atoms with E-state index in [2.05, 4.69) is 15.4 Å². The van der Waals surface area contributed by atoms with E-state index in [1.54, 1.807) is 23.2 Å². The minimum Gasteiger partial charge on any atom is -0.432 e. The smallest absolute Gasteiger partial charge is 0.294 e. The van der Waals surface area contributed by atoms with Crippen molar-refractivity contribution in [3.8, 4) is 0 Å². The van der Waals surface area contributed by atoms with Crippen LogP contribution in [-0.4, -0.2) is 27.4 Å². The van der Waals surface area contributed by atoms with E-state index in [1.165, 1.54) is 0 Å². The third-order valence-corrected chi connectivity index (χ3v) is 4.67. The zero-order valence-electron chi connectivity index (χ0n) is 12.9. The number of hydrogen-bond acceptors (Lipinski definition) is 6. The second-order valence-electron chi connectivity index (χ2n) is 6.19. The molecule has 23 heavy (non-hydrogen) atoms. The fraction of sp³-hybridized carbons (Fsp3) is 0.562. The van der Waals surface area contributed by atoms with E-state index in [1.807, 2.05) is 0 Å². The molecule has 2 aliphatic rings. The van der Waals surface area contributed by atoms with Crippen LogP contribution >= 0.6 is 0 Å². The van der Waals surface area contributed by atoms with Gasteiger partial charge in [0.2, 0.25) is 0 Å². The van der Waals surface area contributed by atoms with E-state index in [9.17, 15) is 4.79 Å². The third kappa shape index (κ3) is 3.01. The Bertz CT molecular complexity index is 717. The van der Waals surface area contributed by atoms with Crippen LogP contribution in [0, 0.1) is 0 Å². The molecule has 0 aromatic carbocycles. The standard InChI is InChI=1S/C16H20N4O3/c21-15-9-11-10-22-7-5-14(11)19-20(15)13-3-1-12(2-4-13)18-16-17-6-8-23-16/h6,8-9,12-13H,1-5,7,10H2,(H,17,18). The lowest BCUT2D eigenvalue weighted by molar-refractivity contribution is 0.107. The summed E-state index contributed by atoms with van der Waals surface area (Å²) in [5, 5.41) is 7.91. The lowest BCUT2D eigenvalue weighted by atomic mass is 9.91. The van der Waals surface area contributed by atoms with Crippen LogP contribution in [-0.2, 0) is 17.8 Å². The van der Waals surface area contributed by atoms with Gasteiger partial charge in [-0.1, -0.05) is 0 Å². The minimum absolute atomic E-state index is 0.0154. The van der Waals surface area contributed by atoms with Crippen LogP contribution in [0.1, 0.15) is 43.0 Å². The molecule has 0 unspecified atom stereocenters. The van der Waals surface area contributed by atoms with Crippen LogP contribution in [0.3, 0.4) is 0 Å². The van der Waals surface area contributed by atoms with Gasteiger partial charge in [-0.2, -0.15) is 5.10 Å². The molecule has 0 amide bonds. The van der Waals surface area contributed by atoms with Gasteiger partial charge < -0.3 is 14.5 Å². The molecule has 1 N–H and O–H groups in total. The molecule has 122 valence electrons. The predicted molar refractivity (Wildman–Crippen MR) is 83.3 cm³/mol. The molecule has 0 atom stereocenters. The number of anilines is 1. The van der Waals surface area contributed by atoms with Gasteiger partial charge in [-0.25, -0.2) is 9.67 Å². The Hall–Kier alpha value is -2.15. The number of oxazole rings is 1. The molecule has 0 saturated heterocycles. The first-order valence-corrected chi connectivity index (χ1v) is 8.15. The zero-order chi connectivity index (χ0) is 15.6. The van der Waals surface area contributed by atoms with Gasteiger partial charge in [0.05, 0.1) is 31.1 Å². The largest absolute Gasteiger partial charge is 0.432 e. The summed E-state index contributed by atoms with van der Waals surface area (Å²) >= 11 is 0. The van der Waals surface area contributed by atoms with Crippen LogP contribution in [0.15, 0.2) is 27.7 Å². The van der Waals surface area contributed by atoms with Crippen LogP contribution in [0.25, 0.3) is 0 Å². The monoisotopic (exact) mass is 316 g/mol. The SMILES string of the molecule is O=c1cc2c(nn1C1CCC(Nc3ncco3)CC1)CCOC2. The number of nitrogens with zero attached hydrogens (tertiary/aromatic N) is 3. The second-order valence-corrected chi connectivity index (χ2v) is 6.19.